The first-order valence-corrected chi connectivity index (χ1v) is 6.62. The summed E-state index contributed by atoms with van der Waals surface area (Å²) in [6.45, 7) is 2.48. The first-order valence-electron chi connectivity index (χ1n) is 6.24. The molecule has 0 heterocycles. The SMILES string of the molecule is CCCCC(CCOc1ccc(Cl)cc1)C(=O)O.Cl. The van der Waals surface area contributed by atoms with E-state index in [1.807, 2.05) is 0 Å². The van der Waals surface area contributed by atoms with E-state index in [9.17, 15) is 4.79 Å². The molecule has 1 aromatic rings. The van der Waals surface area contributed by atoms with Crippen LogP contribution >= 0.6 is 24.0 Å². The Morgan fingerprint density at radius 3 is 2.47 bits per heavy atom. The molecule has 19 heavy (non-hydrogen) atoms. The topological polar surface area (TPSA) is 46.5 Å². The van der Waals surface area contributed by atoms with E-state index in [-0.39, 0.29) is 18.3 Å². The Morgan fingerprint density at radius 1 is 1.32 bits per heavy atom. The van der Waals surface area contributed by atoms with Gasteiger partial charge in [-0.25, -0.2) is 0 Å². The molecule has 0 aliphatic heterocycles. The van der Waals surface area contributed by atoms with E-state index in [1.54, 1.807) is 24.3 Å². The van der Waals surface area contributed by atoms with Crippen LogP contribution in [0.2, 0.25) is 5.02 Å². The van der Waals surface area contributed by atoms with Crippen molar-refractivity contribution < 1.29 is 14.6 Å². The Bertz CT molecular complexity index is 365. The molecule has 3 nitrogen and oxygen atoms in total. The smallest absolute Gasteiger partial charge is 0.306 e. The summed E-state index contributed by atoms with van der Waals surface area (Å²) in [5.74, 6) is -0.320. The van der Waals surface area contributed by atoms with Crippen molar-refractivity contribution in [2.24, 2.45) is 5.92 Å². The number of ether oxygens (including phenoxy) is 1. The Hall–Kier alpha value is -0.930. The molecule has 1 rings (SSSR count). The van der Waals surface area contributed by atoms with Gasteiger partial charge in [-0.1, -0.05) is 31.4 Å². The van der Waals surface area contributed by atoms with Crippen molar-refractivity contribution in [2.45, 2.75) is 32.6 Å². The number of unbranched alkanes of at least 4 members (excludes halogenated alkanes) is 1. The first kappa shape index (κ1) is 18.1. The van der Waals surface area contributed by atoms with Crippen LogP contribution in [0, 0.1) is 5.92 Å². The highest BCUT2D eigenvalue weighted by atomic mass is 35.5. The summed E-state index contributed by atoms with van der Waals surface area (Å²) in [6.07, 6.45) is 3.22. The van der Waals surface area contributed by atoms with Crippen LogP contribution in [0.4, 0.5) is 0 Å². The van der Waals surface area contributed by atoms with Gasteiger partial charge in [0, 0.05) is 5.02 Å². The van der Waals surface area contributed by atoms with E-state index < -0.39 is 5.97 Å². The van der Waals surface area contributed by atoms with Gasteiger partial charge in [-0.05, 0) is 37.1 Å². The number of benzene rings is 1. The fourth-order valence-electron chi connectivity index (χ4n) is 1.69. The number of carboxylic acid groups (broad SMARTS) is 1. The highest BCUT2D eigenvalue weighted by Crippen LogP contribution is 2.18. The van der Waals surface area contributed by atoms with Crippen molar-refractivity contribution in [3.8, 4) is 5.75 Å². The van der Waals surface area contributed by atoms with Crippen molar-refractivity contribution in [3.63, 3.8) is 0 Å². The van der Waals surface area contributed by atoms with Crippen LogP contribution in [0.15, 0.2) is 24.3 Å². The Balaban J connectivity index is 0.00000324. The second-order valence-corrected chi connectivity index (χ2v) is 4.70. The van der Waals surface area contributed by atoms with E-state index >= 15 is 0 Å². The predicted octanol–water partition coefficient (Wildman–Crippen LogP) is 4.42. The molecular weight excluding hydrogens is 287 g/mol. The fraction of sp³-hybridized carbons (Fsp3) is 0.500. The minimum Gasteiger partial charge on any atom is -0.494 e. The third-order valence-electron chi connectivity index (χ3n) is 2.80. The van der Waals surface area contributed by atoms with Crippen LogP contribution in [-0.2, 0) is 4.79 Å². The molecule has 0 saturated heterocycles. The summed E-state index contributed by atoms with van der Waals surface area (Å²) >= 11 is 5.76. The molecule has 1 N–H and O–H groups in total. The number of carbonyl (C=O) groups is 1. The van der Waals surface area contributed by atoms with Crippen LogP contribution in [-0.4, -0.2) is 17.7 Å². The molecule has 0 aromatic heterocycles. The van der Waals surface area contributed by atoms with Crippen molar-refractivity contribution in [3.05, 3.63) is 29.3 Å². The van der Waals surface area contributed by atoms with E-state index in [1.165, 1.54) is 0 Å². The van der Waals surface area contributed by atoms with Gasteiger partial charge in [0.1, 0.15) is 5.75 Å². The Labute approximate surface area is 125 Å². The molecule has 1 unspecified atom stereocenters. The maximum atomic E-state index is 11.0. The molecule has 108 valence electrons. The average Bonchev–Trinajstić information content (AvgIpc) is 2.35. The highest BCUT2D eigenvalue weighted by molar-refractivity contribution is 6.30. The van der Waals surface area contributed by atoms with Crippen LogP contribution in [0.5, 0.6) is 5.75 Å². The third kappa shape index (κ3) is 7.28. The lowest BCUT2D eigenvalue weighted by Crippen LogP contribution is -2.16. The standard InChI is InChI=1S/C14H19ClO3.ClH/c1-2-3-4-11(14(16)17)9-10-18-13-7-5-12(15)6-8-13;/h5-8,11H,2-4,9-10H2,1H3,(H,16,17);1H. The normalized spacial score (nSPS) is 11.5. The molecule has 5 heteroatoms. The zero-order valence-corrected chi connectivity index (χ0v) is 12.5. The van der Waals surface area contributed by atoms with E-state index in [2.05, 4.69) is 6.92 Å². The van der Waals surface area contributed by atoms with Crippen molar-refractivity contribution in [1.29, 1.82) is 0 Å². The molecule has 0 amide bonds. The zero-order valence-electron chi connectivity index (χ0n) is 11.0. The van der Waals surface area contributed by atoms with Crippen LogP contribution in [0.1, 0.15) is 32.6 Å². The Kier molecular flexibility index (Phi) is 9.44. The monoisotopic (exact) mass is 306 g/mol. The molecule has 0 bridgehead atoms. The summed E-state index contributed by atoms with van der Waals surface area (Å²) in [5, 5.41) is 9.72. The second kappa shape index (κ2) is 9.93. The maximum absolute atomic E-state index is 11.0. The van der Waals surface area contributed by atoms with Gasteiger partial charge < -0.3 is 9.84 Å². The van der Waals surface area contributed by atoms with Gasteiger partial charge >= 0.3 is 5.97 Å². The fourth-order valence-corrected chi connectivity index (χ4v) is 1.82. The maximum Gasteiger partial charge on any atom is 0.306 e. The summed E-state index contributed by atoms with van der Waals surface area (Å²) in [7, 11) is 0. The second-order valence-electron chi connectivity index (χ2n) is 4.27. The van der Waals surface area contributed by atoms with Crippen molar-refractivity contribution in [2.75, 3.05) is 6.61 Å². The minimum absolute atomic E-state index is 0. The third-order valence-corrected chi connectivity index (χ3v) is 3.06. The number of hydrogen-bond acceptors (Lipinski definition) is 2. The number of aliphatic carboxylic acids is 1. The first-order chi connectivity index (χ1) is 8.63. The summed E-state index contributed by atoms with van der Waals surface area (Å²) in [4.78, 5) is 11.0. The number of hydrogen-bond donors (Lipinski definition) is 1. The van der Waals surface area contributed by atoms with Crippen molar-refractivity contribution in [1.82, 2.24) is 0 Å². The van der Waals surface area contributed by atoms with Gasteiger partial charge in [0.25, 0.3) is 0 Å². The molecule has 0 aliphatic rings. The van der Waals surface area contributed by atoms with Gasteiger partial charge in [-0.2, -0.15) is 0 Å². The number of rotatable bonds is 8. The van der Waals surface area contributed by atoms with Gasteiger partial charge in [-0.3, -0.25) is 4.79 Å². The zero-order chi connectivity index (χ0) is 13.4. The number of carboxylic acids is 1. The van der Waals surface area contributed by atoms with E-state index in [4.69, 9.17) is 21.4 Å². The lowest BCUT2D eigenvalue weighted by Gasteiger charge is -2.12. The lowest BCUT2D eigenvalue weighted by atomic mass is 9.99. The van der Waals surface area contributed by atoms with Gasteiger partial charge in [0.2, 0.25) is 0 Å². The summed E-state index contributed by atoms with van der Waals surface area (Å²) < 4.78 is 5.50. The lowest BCUT2D eigenvalue weighted by molar-refractivity contribution is -0.142. The van der Waals surface area contributed by atoms with Crippen LogP contribution < -0.4 is 4.74 Å². The van der Waals surface area contributed by atoms with Crippen molar-refractivity contribution >= 4 is 30.0 Å². The van der Waals surface area contributed by atoms with Gasteiger partial charge in [0.15, 0.2) is 0 Å². The summed E-state index contributed by atoms with van der Waals surface area (Å²) in [5.41, 5.74) is 0. The van der Waals surface area contributed by atoms with Crippen LogP contribution in [0.3, 0.4) is 0 Å². The Morgan fingerprint density at radius 2 is 1.95 bits per heavy atom. The minimum atomic E-state index is -0.733. The average molecular weight is 307 g/mol. The summed E-state index contributed by atoms with van der Waals surface area (Å²) in [6, 6.07) is 7.07. The van der Waals surface area contributed by atoms with Crippen LogP contribution in [0.25, 0.3) is 0 Å². The molecule has 0 fully saturated rings. The predicted molar refractivity (Wildman–Crippen MR) is 79.5 cm³/mol. The van der Waals surface area contributed by atoms with E-state index in [0.29, 0.717) is 18.1 Å². The van der Waals surface area contributed by atoms with Gasteiger partial charge in [-0.15, -0.1) is 12.4 Å². The molecule has 1 aromatic carbocycles. The quantitative estimate of drug-likeness (QED) is 0.773. The molecular formula is C14H20Cl2O3. The number of halogens is 2. The molecule has 0 radical (unpaired) electrons. The molecule has 0 aliphatic carbocycles. The van der Waals surface area contributed by atoms with E-state index in [0.717, 1.165) is 25.0 Å². The molecule has 0 spiro atoms. The highest BCUT2D eigenvalue weighted by Gasteiger charge is 2.16. The van der Waals surface area contributed by atoms with Gasteiger partial charge in [0.05, 0.1) is 12.5 Å². The largest absolute Gasteiger partial charge is 0.494 e. The molecule has 0 saturated carbocycles. The molecule has 1 atom stereocenters.